The van der Waals surface area contributed by atoms with E-state index in [-0.39, 0.29) is 0 Å². The van der Waals surface area contributed by atoms with E-state index in [1.54, 1.807) is 6.07 Å². The fourth-order valence-electron chi connectivity index (χ4n) is 1.14. The topological polar surface area (TPSA) is 28.7 Å². The molecular weight excluding hydrogens is 239 g/mol. The number of pyridine rings is 1. The Morgan fingerprint density at radius 2 is 2.25 bits per heavy atom. The Morgan fingerprint density at radius 3 is 3.00 bits per heavy atom. The molecule has 12 heavy (non-hydrogen) atoms. The second-order valence-corrected chi connectivity index (χ2v) is 3.77. The van der Waals surface area contributed by atoms with E-state index in [1.165, 1.54) is 0 Å². The van der Waals surface area contributed by atoms with E-state index in [1.807, 2.05) is 13.0 Å². The summed E-state index contributed by atoms with van der Waals surface area (Å²) in [6.45, 7) is 1.99. The first-order valence-corrected chi connectivity index (χ1v) is 4.66. The van der Waals surface area contributed by atoms with Gasteiger partial charge in [-0.05, 0) is 35.0 Å². The molecule has 0 atom stereocenters. The van der Waals surface area contributed by atoms with Crippen LogP contribution in [-0.2, 0) is 0 Å². The molecule has 0 aliphatic carbocycles. The molecule has 2 nitrogen and oxygen atoms in total. The normalized spacial score (nSPS) is 10.9. The molecule has 0 spiro atoms. The first-order chi connectivity index (χ1) is 5.68. The lowest BCUT2D eigenvalue weighted by molar-refractivity contribution is 1.24. The van der Waals surface area contributed by atoms with Crippen LogP contribution in [0.3, 0.4) is 0 Å². The maximum Gasteiger partial charge on any atom is 0.140 e. The minimum absolute atomic E-state index is 0.510. The average Bonchev–Trinajstić information content (AvgIpc) is 2.28. The number of hydrogen-bond donors (Lipinski definition) is 1. The zero-order valence-corrected chi connectivity index (χ0v) is 8.70. The molecule has 2 aromatic heterocycles. The summed E-state index contributed by atoms with van der Waals surface area (Å²) in [7, 11) is 0. The van der Waals surface area contributed by atoms with Crippen molar-refractivity contribution in [3.63, 3.8) is 0 Å². The van der Waals surface area contributed by atoms with E-state index in [4.69, 9.17) is 11.6 Å². The summed E-state index contributed by atoms with van der Waals surface area (Å²) in [5.41, 5.74) is 1.90. The van der Waals surface area contributed by atoms with Gasteiger partial charge >= 0.3 is 0 Å². The Bertz CT molecular complexity index is 436. The van der Waals surface area contributed by atoms with E-state index in [9.17, 15) is 0 Å². The summed E-state index contributed by atoms with van der Waals surface area (Å²) in [6.07, 6.45) is 0. The average molecular weight is 246 g/mol. The third-order valence-corrected chi connectivity index (χ3v) is 2.97. The number of halogens is 2. The number of aromatic nitrogens is 2. The minimum atomic E-state index is 0.510. The minimum Gasteiger partial charge on any atom is -0.342 e. The van der Waals surface area contributed by atoms with Gasteiger partial charge in [0.05, 0.1) is 0 Å². The molecule has 0 saturated carbocycles. The van der Waals surface area contributed by atoms with Gasteiger partial charge in [-0.1, -0.05) is 11.6 Å². The maximum atomic E-state index is 5.73. The van der Waals surface area contributed by atoms with Gasteiger partial charge in [-0.15, -0.1) is 0 Å². The number of aromatic amines is 1. The molecule has 1 N–H and O–H groups in total. The van der Waals surface area contributed by atoms with Crippen LogP contribution in [0.1, 0.15) is 5.69 Å². The third kappa shape index (κ3) is 1.13. The molecule has 0 saturated heterocycles. The van der Waals surface area contributed by atoms with E-state index in [0.717, 1.165) is 21.2 Å². The number of fused-ring (bicyclic) bond motifs is 1. The summed E-state index contributed by atoms with van der Waals surface area (Å²) < 4.78 is 1.06. The number of aryl methyl sites for hydroxylation is 1. The Labute approximate surface area is 83.1 Å². The van der Waals surface area contributed by atoms with Crippen LogP contribution in [0.25, 0.3) is 11.0 Å². The van der Waals surface area contributed by atoms with Crippen LogP contribution in [0.4, 0.5) is 0 Å². The second kappa shape index (κ2) is 2.75. The Kier molecular flexibility index (Phi) is 1.85. The molecule has 0 aromatic carbocycles. The summed E-state index contributed by atoms with van der Waals surface area (Å²) in [6, 6.07) is 3.72. The third-order valence-electron chi connectivity index (χ3n) is 1.73. The molecule has 4 heteroatoms. The highest BCUT2D eigenvalue weighted by Crippen LogP contribution is 2.26. The van der Waals surface area contributed by atoms with E-state index < -0.39 is 0 Å². The standard InChI is InChI=1S/C8H6BrClN2/c1-4-7(9)5-2-3-6(10)12-8(5)11-4/h2-3H,1H3,(H,11,12). The Balaban J connectivity index is 2.87. The smallest absolute Gasteiger partial charge is 0.140 e. The monoisotopic (exact) mass is 244 g/mol. The summed E-state index contributed by atoms with van der Waals surface area (Å²) in [5, 5.41) is 1.58. The van der Waals surface area contributed by atoms with Crippen molar-refractivity contribution in [2.45, 2.75) is 6.92 Å². The first-order valence-electron chi connectivity index (χ1n) is 3.49. The fourth-order valence-corrected chi connectivity index (χ4v) is 1.71. The van der Waals surface area contributed by atoms with Crippen molar-refractivity contribution in [1.82, 2.24) is 9.97 Å². The van der Waals surface area contributed by atoms with Gasteiger partial charge in [0.1, 0.15) is 10.8 Å². The molecule has 62 valence electrons. The van der Waals surface area contributed by atoms with Crippen molar-refractivity contribution >= 4 is 38.6 Å². The van der Waals surface area contributed by atoms with Gasteiger partial charge in [-0.2, -0.15) is 0 Å². The van der Waals surface area contributed by atoms with Gasteiger partial charge in [0.15, 0.2) is 0 Å². The van der Waals surface area contributed by atoms with Crippen LogP contribution in [0, 0.1) is 6.92 Å². The molecular formula is C8H6BrClN2. The number of H-pyrrole nitrogens is 1. The largest absolute Gasteiger partial charge is 0.342 e. The highest BCUT2D eigenvalue weighted by molar-refractivity contribution is 9.10. The molecule has 0 aliphatic heterocycles. The molecule has 2 heterocycles. The van der Waals surface area contributed by atoms with Gasteiger partial charge in [0.25, 0.3) is 0 Å². The van der Waals surface area contributed by atoms with Crippen LogP contribution >= 0.6 is 27.5 Å². The molecule has 0 fully saturated rings. The summed E-state index contributed by atoms with van der Waals surface area (Å²) in [5.74, 6) is 0. The van der Waals surface area contributed by atoms with Crippen molar-refractivity contribution in [1.29, 1.82) is 0 Å². The SMILES string of the molecule is Cc1[nH]c2nc(Cl)ccc2c1Br. The first kappa shape index (κ1) is 8.08. The van der Waals surface area contributed by atoms with E-state index in [0.29, 0.717) is 5.15 Å². The number of hydrogen-bond acceptors (Lipinski definition) is 1. The van der Waals surface area contributed by atoms with Crippen molar-refractivity contribution in [3.05, 3.63) is 27.5 Å². The summed E-state index contributed by atoms with van der Waals surface area (Å²) >= 11 is 9.19. The van der Waals surface area contributed by atoms with Crippen molar-refractivity contribution in [2.75, 3.05) is 0 Å². The number of rotatable bonds is 0. The lowest BCUT2D eigenvalue weighted by Gasteiger charge is -1.89. The zero-order valence-electron chi connectivity index (χ0n) is 6.36. The van der Waals surface area contributed by atoms with Crippen LogP contribution in [0.15, 0.2) is 16.6 Å². The van der Waals surface area contributed by atoms with Crippen LogP contribution in [0.2, 0.25) is 5.15 Å². The lowest BCUT2D eigenvalue weighted by Crippen LogP contribution is -1.75. The highest BCUT2D eigenvalue weighted by atomic mass is 79.9. The zero-order chi connectivity index (χ0) is 8.72. The van der Waals surface area contributed by atoms with Gasteiger partial charge in [0, 0.05) is 15.6 Å². The molecule has 0 amide bonds. The molecule has 0 bridgehead atoms. The fraction of sp³-hybridized carbons (Fsp3) is 0.125. The van der Waals surface area contributed by atoms with Gasteiger partial charge < -0.3 is 4.98 Å². The predicted molar refractivity (Wildman–Crippen MR) is 53.5 cm³/mol. The number of nitrogens with zero attached hydrogens (tertiary/aromatic N) is 1. The molecule has 0 unspecified atom stereocenters. The molecule has 0 aliphatic rings. The number of nitrogens with one attached hydrogen (secondary N) is 1. The Hall–Kier alpha value is -0.540. The van der Waals surface area contributed by atoms with Crippen molar-refractivity contribution in [2.24, 2.45) is 0 Å². The second-order valence-electron chi connectivity index (χ2n) is 2.59. The molecule has 2 rings (SSSR count). The highest BCUT2D eigenvalue weighted by Gasteiger charge is 2.05. The molecule has 0 radical (unpaired) electrons. The summed E-state index contributed by atoms with van der Waals surface area (Å²) in [4.78, 5) is 7.26. The van der Waals surface area contributed by atoms with Gasteiger partial charge in [-0.25, -0.2) is 4.98 Å². The van der Waals surface area contributed by atoms with Crippen LogP contribution < -0.4 is 0 Å². The van der Waals surface area contributed by atoms with Crippen molar-refractivity contribution < 1.29 is 0 Å². The van der Waals surface area contributed by atoms with E-state index in [2.05, 4.69) is 25.9 Å². The van der Waals surface area contributed by atoms with Crippen LogP contribution in [-0.4, -0.2) is 9.97 Å². The van der Waals surface area contributed by atoms with E-state index >= 15 is 0 Å². The van der Waals surface area contributed by atoms with Crippen LogP contribution in [0.5, 0.6) is 0 Å². The van der Waals surface area contributed by atoms with Gasteiger partial charge in [0.2, 0.25) is 0 Å². The molecule has 2 aromatic rings. The maximum absolute atomic E-state index is 5.73. The van der Waals surface area contributed by atoms with Crippen molar-refractivity contribution in [3.8, 4) is 0 Å². The quantitative estimate of drug-likeness (QED) is 0.709. The Morgan fingerprint density at radius 1 is 1.50 bits per heavy atom. The lowest BCUT2D eigenvalue weighted by atomic mass is 10.3. The predicted octanol–water partition coefficient (Wildman–Crippen LogP) is 3.29. The van der Waals surface area contributed by atoms with Gasteiger partial charge in [-0.3, -0.25) is 0 Å².